The minimum Gasteiger partial charge on any atom is -0.344 e. The molecule has 0 aromatic carbocycles. The number of piperidine rings is 1. The molecule has 7 heteroatoms. The topological polar surface area (TPSA) is 52.6 Å². The highest BCUT2D eigenvalue weighted by Crippen LogP contribution is 2.24. The first kappa shape index (κ1) is 15.5. The van der Waals surface area contributed by atoms with E-state index in [0.29, 0.717) is 17.0 Å². The number of anilines is 1. The Bertz CT molecular complexity index is 529. The van der Waals surface area contributed by atoms with Crippen LogP contribution in [0.1, 0.15) is 19.3 Å². The molecule has 22 heavy (non-hydrogen) atoms. The Kier molecular flexibility index (Phi) is 4.49. The first-order valence-electron chi connectivity index (χ1n) is 7.75. The second-order valence-corrected chi connectivity index (χ2v) is 6.58. The van der Waals surface area contributed by atoms with Crippen molar-refractivity contribution < 1.29 is 4.79 Å². The molecule has 3 heterocycles. The number of rotatable bonds is 3. The van der Waals surface area contributed by atoms with Gasteiger partial charge in [0.15, 0.2) is 0 Å². The van der Waals surface area contributed by atoms with Gasteiger partial charge in [-0.1, -0.05) is 11.6 Å². The Hall–Kier alpha value is -1.40. The minimum absolute atomic E-state index is 0.0861. The van der Waals surface area contributed by atoms with E-state index in [2.05, 4.69) is 19.8 Å². The smallest absolute Gasteiger partial charge is 0.239 e. The first-order chi connectivity index (χ1) is 10.6. The van der Waals surface area contributed by atoms with Crippen molar-refractivity contribution in [1.29, 1.82) is 0 Å². The summed E-state index contributed by atoms with van der Waals surface area (Å²) in [7, 11) is 3.92. The summed E-state index contributed by atoms with van der Waals surface area (Å²) in [5, 5.41) is 0.552. The van der Waals surface area contributed by atoms with E-state index in [9.17, 15) is 4.79 Å². The maximum Gasteiger partial charge on any atom is 0.239 e. The summed E-state index contributed by atoms with van der Waals surface area (Å²) in [6.45, 7) is 2.78. The standard InChI is InChI=1S/C15H22ClN5O/c1-19-6-5-13(14(19)22)21-7-3-12(4-8-21)20(2)15-17-9-11(16)10-18-15/h9-10,12-13H,3-8H2,1-2H3. The SMILES string of the molecule is CN1CCC(N2CCC(N(C)c3ncc(Cl)cn3)CC2)C1=O. The van der Waals surface area contributed by atoms with Crippen molar-refractivity contribution in [3.05, 3.63) is 17.4 Å². The van der Waals surface area contributed by atoms with Gasteiger partial charge in [0.2, 0.25) is 11.9 Å². The predicted molar refractivity (Wildman–Crippen MR) is 86.1 cm³/mol. The van der Waals surface area contributed by atoms with Crippen LogP contribution in [0.2, 0.25) is 5.02 Å². The third-order valence-electron chi connectivity index (χ3n) is 4.81. The quantitative estimate of drug-likeness (QED) is 0.838. The van der Waals surface area contributed by atoms with E-state index in [1.807, 2.05) is 19.0 Å². The maximum atomic E-state index is 12.1. The molecule has 2 saturated heterocycles. The Balaban J connectivity index is 1.57. The number of hydrogen-bond donors (Lipinski definition) is 0. The van der Waals surface area contributed by atoms with E-state index in [0.717, 1.165) is 38.9 Å². The van der Waals surface area contributed by atoms with Gasteiger partial charge in [-0.05, 0) is 19.3 Å². The molecule has 0 N–H and O–H groups in total. The molecule has 0 bridgehead atoms. The molecule has 1 aromatic rings. The fourth-order valence-corrected chi connectivity index (χ4v) is 3.48. The molecule has 1 amide bonds. The van der Waals surface area contributed by atoms with Gasteiger partial charge in [0.1, 0.15) is 0 Å². The van der Waals surface area contributed by atoms with Crippen molar-refractivity contribution >= 4 is 23.5 Å². The van der Waals surface area contributed by atoms with Gasteiger partial charge in [0.25, 0.3) is 0 Å². The number of nitrogens with zero attached hydrogens (tertiary/aromatic N) is 5. The zero-order valence-electron chi connectivity index (χ0n) is 13.1. The third-order valence-corrected chi connectivity index (χ3v) is 5.00. The maximum absolute atomic E-state index is 12.1. The lowest BCUT2D eigenvalue weighted by Gasteiger charge is -2.38. The normalized spacial score (nSPS) is 24.0. The summed E-state index contributed by atoms with van der Waals surface area (Å²) in [6.07, 6.45) is 6.26. The lowest BCUT2D eigenvalue weighted by Crippen LogP contribution is -2.49. The summed E-state index contributed by atoms with van der Waals surface area (Å²) in [5.74, 6) is 0.979. The lowest BCUT2D eigenvalue weighted by molar-refractivity contribution is -0.131. The number of likely N-dealkylation sites (N-methyl/N-ethyl adjacent to an activating group) is 1. The van der Waals surface area contributed by atoms with Crippen molar-refractivity contribution in [1.82, 2.24) is 19.8 Å². The largest absolute Gasteiger partial charge is 0.344 e. The number of likely N-dealkylation sites (tertiary alicyclic amines) is 2. The summed E-state index contributed by atoms with van der Waals surface area (Å²) in [6, 6.07) is 0.495. The molecule has 2 fully saturated rings. The van der Waals surface area contributed by atoms with E-state index in [1.54, 1.807) is 12.4 Å². The second kappa shape index (κ2) is 6.38. The molecule has 3 rings (SSSR count). The fourth-order valence-electron chi connectivity index (χ4n) is 3.38. The zero-order chi connectivity index (χ0) is 15.7. The van der Waals surface area contributed by atoms with Gasteiger partial charge in [0.05, 0.1) is 23.5 Å². The Morgan fingerprint density at radius 3 is 2.36 bits per heavy atom. The fraction of sp³-hybridized carbons (Fsp3) is 0.667. The summed E-state index contributed by atoms with van der Waals surface area (Å²) >= 11 is 5.83. The van der Waals surface area contributed by atoms with Gasteiger partial charge >= 0.3 is 0 Å². The number of amides is 1. The first-order valence-corrected chi connectivity index (χ1v) is 8.13. The highest BCUT2D eigenvalue weighted by molar-refractivity contribution is 6.30. The Labute approximate surface area is 136 Å². The number of carbonyl (C=O) groups excluding carboxylic acids is 1. The van der Waals surface area contributed by atoms with Gasteiger partial charge in [-0.25, -0.2) is 9.97 Å². The summed E-state index contributed by atoms with van der Waals surface area (Å²) in [4.78, 5) is 27.0. The van der Waals surface area contributed by atoms with Crippen LogP contribution in [0, 0.1) is 0 Å². The number of halogens is 1. The van der Waals surface area contributed by atoms with E-state index in [1.165, 1.54) is 0 Å². The van der Waals surface area contributed by atoms with Gasteiger partial charge in [-0.3, -0.25) is 9.69 Å². The molecule has 0 spiro atoms. The van der Waals surface area contributed by atoms with Crippen LogP contribution in [-0.2, 0) is 4.79 Å². The molecule has 120 valence electrons. The van der Waals surface area contributed by atoms with Gasteiger partial charge in [0, 0.05) is 39.8 Å². The van der Waals surface area contributed by atoms with Gasteiger partial charge < -0.3 is 9.80 Å². The molecule has 2 aliphatic rings. The predicted octanol–water partition coefficient (Wildman–Crippen LogP) is 1.26. The average Bonchev–Trinajstić information content (AvgIpc) is 2.87. The average molecular weight is 324 g/mol. The zero-order valence-corrected chi connectivity index (χ0v) is 13.8. The molecule has 1 aromatic heterocycles. The molecular weight excluding hydrogens is 302 g/mol. The molecule has 0 saturated carbocycles. The van der Waals surface area contributed by atoms with E-state index in [4.69, 9.17) is 11.6 Å². The van der Waals surface area contributed by atoms with Crippen LogP contribution < -0.4 is 4.90 Å². The van der Waals surface area contributed by atoms with Crippen LogP contribution in [0.5, 0.6) is 0 Å². The minimum atomic E-state index is 0.0861. The highest BCUT2D eigenvalue weighted by atomic mass is 35.5. The lowest BCUT2D eigenvalue weighted by atomic mass is 10.0. The van der Waals surface area contributed by atoms with Crippen molar-refractivity contribution in [2.24, 2.45) is 0 Å². The van der Waals surface area contributed by atoms with E-state index in [-0.39, 0.29) is 11.9 Å². The monoisotopic (exact) mass is 323 g/mol. The van der Waals surface area contributed by atoms with E-state index < -0.39 is 0 Å². The summed E-state index contributed by atoms with van der Waals surface area (Å²) in [5.41, 5.74) is 0. The number of aromatic nitrogens is 2. The van der Waals surface area contributed by atoms with E-state index >= 15 is 0 Å². The van der Waals surface area contributed by atoms with Crippen LogP contribution in [0.3, 0.4) is 0 Å². The molecule has 2 aliphatic heterocycles. The van der Waals surface area contributed by atoms with Crippen LogP contribution >= 0.6 is 11.6 Å². The molecule has 6 nitrogen and oxygen atoms in total. The molecule has 1 unspecified atom stereocenters. The van der Waals surface area contributed by atoms with Gasteiger partial charge in [-0.15, -0.1) is 0 Å². The molecule has 1 atom stereocenters. The highest BCUT2D eigenvalue weighted by Gasteiger charge is 2.36. The molecule has 0 radical (unpaired) electrons. The van der Waals surface area contributed by atoms with Crippen LogP contribution in [0.15, 0.2) is 12.4 Å². The second-order valence-electron chi connectivity index (χ2n) is 6.14. The van der Waals surface area contributed by atoms with Crippen molar-refractivity contribution in [3.63, 3.8) is 0 Å². The number of hydrogen-bond acceptors (Lipinski definition) is 5. The molecular formula is C15H22ClN5O. The van der Waals surface area contributed by atoms with Crippen molar-refractivity contribution in [2.45, 2.75) is 31.3 Å². The third kappa shape index (κ3) is 3.03. The number of carbonyl (C=O) groups is 1. The van der Waals surface area contributed by atoms with Crippen LogP contribution in [0.4, 0.5) is 5.95 Å². The molecule has 0 aliphatic carbocycles. The Morgan fingerprint density at radius 1 is 1.18 bits per heavy atom. The van der Waals surface area contributed by atoms with Crippen LogP contribution in [0.25, 0.3) is 0 Å². The van der Waals surface area contributed by atoms with Gasteiger partial charge in [-0.2, -0.15) is 0 Å². The van der Waals surface area contributed by atoms with Crippen molar-refractivity contribution in [3.8, 4) is 0 Å². The van der Waals surface area contributed by atoms with Crippen molar-refractivity contribution in [2.75, 3.05) is 38.6 Å². The summed E-state index contributed by atoms with van der Waals surface area (Å²) < 4.78 is 0. The Morgan fingerprint density at radius 2 is 1.82 bits per heavy atom. The van der Waals surface area contributed by atoms with Crippen LogP contribution in [-0.4, -0.2) is 71.5 Å².